The van der Waals surface area contributed by atoms with Crippen LogP contribution in [0, 0.1) is 0 Å². The van der Waals surface area contributed by atoms with E-state index in [1.807, 2.05) is 0 Å². The number of carbonyl (C=O) groups excluding carboxylic acids is 2. The largest absolute Gasteiger partial charge is 0.482 e. The van der Waals surface area contributed by atoms with E-state index in [4.69, 9.17) is 15.2 Å². The Morgan fingerprint density at radius 3 is 2.60 bits per heavy atom. The zero-order valence-corrected chi connectivity index (χ0v) is 11.3. The highest BCUT2D eigenvalue weighted by molar-refractivity contribution is 5.84. The molecule has 2 rings (SSSR count). The normalized spacial score (nSPS) is 15.2. The number of amides is 1. The number of hydrogen-bond donors (Lipinski definition) is 2. The first-order chi connectivity index (χ1) is 9.54. The van der Waals surface area contributed by atoms with Gasteiger partial charge in [0.05, 0.1) is 0 Å². The van der Waals surface area contributed by atoms with Crippen molar-refractivity contribution in [3.8, 4) is 5.75 Å². The first-order valence-electron chi connectivity index (χ1n) is 6.53. The molecule has 1 aliphatic rings. The summed E-state index contributed by atoms with van der Waals surface area (Å²) in [6.45, 7) is 1.30. The summed E-state index contributed by atoms with van der Waals surface area (Å²) in [5.41, 5.74) is 6.15. The number of hydrogen-bond acceptors (Lipinski definition) is 5. The van der Waals surface area contributed by atoms with E-state index in [9.17, 15) is 9.59 Å². The molecule has 6 nitrogen and oxygen atoms in total. The highest BCUT2D eigenvalue weighted by Gasteiger charge is 2.27. The summed E-state index contributed by atoms with van der Waals surface area (Å²) in [5.74, 6) is -0.333. The lowest BCUT2D eigenvalue weighted by atomic mass is 10.3. The Morgan fingerprint density at radius 1 is 1.35 bits per heavy atom. The van der Waals surface area contributed by atoms with Gasteiger partial charge < -0.3 is 20.5 Å². The number of nitrogens with two attached hydrogens (primary N) is 1. The van der Waals surface area contributed by atoms with Gasteiger partial charge in [-0.1, -0.05) is 0 Å². The van der Waals surface area contributed by atoms with Crippen LogP contribution >= 0.6 is 0 Å². The van der Waals surface area contributed by atoms with Gasteiger partial charge in [-0.05, 0) is 44.0 Å². The molecular formula is C14H18N2O4. The zero-order chi connectivity index (χ0) is 14.5. The summed E-state index contributed by atoms with van der Waals surface area (Å²) in [5, 5.41) is 2.77. The van der Waals surface area contributed by atoms with Crippen LogP contribution in [0.2, 0.25) is 0 Å². The SMILES string of the molecule is CC(OC(=O)COc1ccc(N)cc1)C(=O)NC1CC1. The third-order valence-corrected chi connectivity index (χ3v) is 2.84. The third-order valence-electron chi connectivity index (χ3n) is 2.84. The predicted octanol–water partition coefficient (Wildman–Crippen LogP) is 0.858. The Morgan fingerprint density at radius 2 is 2.00 bits per heavy atom. The molecule has 3 N–H and O–H groups in total. The number of nitrogens with one attached hydrogen (secondary N) is 1. The van der Waals surface area contributed by atoms with E-state index in [2.05, 4.69) is 5.32 Å². The lowest BCUT2D eigenvalue weighted by molar-refractivity contribution is -0.156. The van der Waals surface area contributed by atoms with E-state index in [0.29, 0.717) is 11.4 Å². The lowest BCUT2D eigenvalue weighted by Crippen LogP contribution is -2.37. The molecule has 1 unspecified atom stereocenters. The van der Waals surface area contributed by atoms with Gasteiger partial charge in [0.25, 0.3) is 5.91 Å². The van der Waals surface area contributed by atoms with Gasteiger partial charge in [-0.25, -0.2) is 4.79 Å². The van der Waals surface area contributed by atoms with Gasteiger partial charge in [0.1, 0.15) is 5.75 Å². The van der Waals surface area contributed by atoms with E-state index in [1.165, 1.54) is 0 Å². The summed E-state index contributed by atoms with van der Waals surface area (Å²) in [6.07, 6.45) is 1.18. The standard InChI is InChI=1S/C14H18N2O4/c1-9(14(18)16-11-4-5-11)20-13(17)8-19-12-6-2-10(15)3-7-12/h2-3,6-7,9,11H,4-5,8,15H2,1H3,(H,16,18). The van der Waals surface area contributed by atoms with Crippen molar-refractivity contribution in [1.82, 2.24) is 5.32 Å². The lowest BCUT2D eigenvalue weighted by Gasteiger charge is -2.13. The van der Waals surface area contributed by atoms with Crippen molar-refractivity contribution in [2.45, 2.75) is 31.9 Å². The quantitative estimate of drug-likeness (QED) is 0.595. The minimum absolute atomic E-state index is 0.245. The molecule has 0 heterocycles. The molecular weight excluding hydrogens is 260 g/mol. The monoisotopic (exact) mass is 278 g/mol. The van der Waals surface area contributed by atoms with Crippen LogP contribution in [0.4, 0.5) is 5.69 Å². The second-order valence-electron chi connectivity index (χ2n) is 4.77. The topological polar surface area (TPSA) is 90.7 Å². The molecule has 6 heteroatoms. The van der Waals surface area contributed by atoms with Gasteiger partial charge in [-0.3, -0.25) is 4.79 Å². The van der Waals surface area contributed by atoms with Gasteiger partial charge in [0, 0.05) is 11.7 Å². The van der Waals surface area contributed by atoms with Crippen molar-refractivity contribution in [2.24, 2.45) is 0 Å². The van der Waals surface area contributed by atoms with E-state index in [-0.39, 0.29) is 18.6 Å². The van der Waals surface area contributed by atoms with Gasteiger partial charge in [0.2, 0.25) is 0 Å². The fourth-order valence-electron chi connectivity index (χ4n) is 1.54. The maximum absolute atomic E-state index is 11.6. The minimum atomic E-state index is -0.807. The molecule has 1 atom stereocenters. The second kappa shape index (κ2) is 6.27. The summed E-state index contributed by atoms with van der Waals surface area (Å²) >= 11 is 0. The fraction of sp³-hybridized carbons (Fsp3) is 0.429. The zero-order valence-electron chi connectivity index (χ0n) is 11.3. The number of benzene rings is 1. The molecule has 1 fully saturated rings. The van der Waals surface area contributed by atoms with Gasteiger partial charge in [0.15, 0.2) is 12.7 Å². The van der Waals surface area contributed by atoms with Gasteiger partial charge in [-0.15, -0.1) is 0 Å². The highest BCUT2D eigenvalue weighted by Crippen LogP contribution is 2.18. The molecule has 1 saturated carbocycles. The van der Waals surface area contributed by atoms with Crippen LogP contribution in [0.25, 0.3) is 0 Å². The summed E-state index contributed by atoms with van der Waals surface area (Å²) in [6, 6.07) is 6.91. The van der Waals surface area contributed by atoms with Crippen LogP contribution in [0.15, 0.2) is 24.3 Å². The van der Waals surface area contributed by atoms with Crippen molar-refractivity contribution in [3.63, 3.8) is 0 Å². The summed E-state index contributed by atoms with van der Waals surface area (Å²) < 4.78 is 10.2. The van der Waals surface area contributed by atoms with Crippen LogP contribution in [-0.4, -0.2) is 30.6 Å². The molecule has 1 aliphatic carbocycles. The Labute approximate surface area is 117 Å². The van der Waals surface area contributed by atoms with E-state index < -0.39 is 12.1 Å². The molecule has 0 aliphatic heterocycles. The molecule has 0 aromatic heterocycles. The van der Waals surface area contributed by atoms with Crippen LogP contribution in [0.3, 0.4) is 0 Å². The molecule has 0 radical (unpaired) electrons. The van der Waals surface area contributed by atoms with Gasteiger partial charge >= 0.3 is 5.97 Å². The molecule has 1 aromatic carbocycles. The number of carbonyl (C=O) groups is 2. The summed E-state index contributed by atoms with van der Waals surface area (Å²) in [4.78, 5) is 23.1. The second-order valence-corrected chi connectivity index (χ2v) is 4.77. The van der Waals surface area contributed by atoms with Crippen molar-refractivity contribution in [2.75, 3.05) is 12.3 Å². The third kappa shape index (κ3) is 4.46. The number of nitrogen functional groups attached to an aromatic ring is 1. The van der Waals surface area contributed by atoms with Crippen LogP contribution < -0.4 is 15.8 Å². The van der Waals surface area contributed by atoms with Gasteiger partial charge in [-0.2, -0.15) is 0 Å². The van der Waals surface area contributed by atoms with Crippen molar-refractivity contribution in [3.05, 3.63) is 24.3 Å². The van der Waals surface area contributed by atoms with Crippen LogP contribution in [0.5, 0.6) is 5.75 Å². The molecule has 108 valence electrons. The number of rotatable bonds is 6. The van der Waals surface area contributed by atoms with Crippen molar-refractivity contribution < 1.29 is 19.1 Å². The van der Waals surface area contributed by atoms with E-state index >= 15 is 0 Å². The first kappa shape index (κ1) is 14.2. The van der Waals surface area contributed by atoms with E-state index in [0.717, 1.165) is 12.8 Å². The molecule has 0 bridgehead atoms. The fourth-order valence-corrected chi connectivity index (χ4v) is 1.54. The molecule has 0 saturated heterocycles. The summed E-state index contributed by atoms with van der Waals surface area (Å²) in [7, 11) is 0. The van der Waals surface area contributed by atoms with Crippen molar-refractivity contribution >= 4 is 17.6 Å². The maximum atomic E-state index is 11.6. The number of ether oxygens (including phenoxy) is 2. The Hall–Kier alpha value is -2.24. The number of esters is 1. The first-order valence-corrected chi connectivity index (χ1v) is 6.53. The average molecular weight is 278 g/mol. The predicted molar refractivity (Wildman–Crippen MR) is 73.1 cm³/mol. The van der Waals surface area contributed by atoms with Crippen LogP contribution in [-0.2, 0) is 14.3 Å². The number of anilines is 1. The average Bonchev–Trinajstić information content (AvgIpc) is 3.22. The van der Waals surface area contributed by atoms with Crippen molar-refractivity contribution in [1.29, 1.82) is 0 Å². The molecule has 1 aromatic rings. The minimum Gasteiger partial charge on any atom is -0.482 e. The Bertz CT molecular complexity index is 482. The molecule has 1 amide bonds. The smallest absolute Gasteiger partial charge is 0.344 e. The van der Waals surface area contributed by atoms with E-state index in [1.54, 1.807) is 31.2 Å². The Balaban J connectivity index is 1.71. The molecule has 0 spiro atoms. The molecule has 20 heavy (non-hydrogen) atoms. The Kier molecular flexibility index (Phi) is 4.45. The maximum Gasteiger partial charge on any atom is 0.344 e. The highest BCUT2D eigenvalue weighted by atomic mass is 16.6. The van der Waals surface area contributed by atoms with Crippen LogP contribution in [0.1, 0.15) is 19.8 Å².